The minimum Gasteiger partial charge on any atom is -0.476 e. The van der Waals surface area contributed by atoms with Crippen molar-refractivity contribution in [2.24, 2.45) is 0 Å². The molecule has 0 aliphatic carbocycles. The van der Waals surface area contributed by atoms with Crippen molar-refractivity contribution in [3.05, 3.63) is 28.1 Å². The third-order valence-corrected chi connectivity index (χ3v) is 4.17. The van der Waals surface area contributed by atoms with E-state index in [0.717, 1.165) is 25.2 Å². The van der Waals surface area contributed by atoms with Gasteiger partial charge in [-0.3, -0.25) is 0 Å². The first kappa shape index (κ1) is 12.6. The average Bonchev–Trinajstić information content (AvgIpc) is 2.94. The molecule has 1 aliphatic rings. The summed E-state index contributed by atoms with van der Waals surface area (Å²) in [6.45, 7) is 2.05. The van der Waals surface area contributed by atoms with E-state index in [1.54, 1.807) is 4.52 Å². The quantitative estimate of drug-likeness (QED) is 0.908. The predicted octanol–water partition coefficient (Wildman–Crippen LogP) is 1.61. The zero-order valence-corrected chi connectivity index (χ0v) is 12.0. The maximum atomic E-state index is 11.0. The van der Waals surface area contributed by atoms with E-state index in [1.165, 1.54) is 0 Å². The monoisotopic (exact) mass is 324 g/mol. The van der Waals surface area contributed by atoms with E-state index in [4.69, 9.17) is 5.11 Å². The van der Waals surface area contributed by atoms with Crippen LogP contribution in [0.15, 0.2) is 16.7 Å². The zero-order valence-electron chi connectivity index (χ0n) is 10.4. The maximum Gasteiger partial charge on any atom is 0.357 e. The van der Waals surface area contributed by atoms with E-state index in [0.29, 0.717) is 16.2 Å². The SMILES string of the molecule is CN1CCC(c2ccc3nc(C(=O)O)c(Br)n3n2)C1. The largest absolute Gasteiger partial charge is 0.476 e. The summed E-state index contributed by atoms with van der Waals surface area (Å²) in [7, 11) is 2.09. The van der Waals surface area contributed by atoms with Crippen LogP contribution in [-0.2, 0) is 0 Å². The Balaban J connectivity index is 2.05. The van der Waals surface area contributed by atoms with E-state index in [2.05, 4.69) is 38.0 Å². The number of carboxylic acids is 1. The average molecular weight is 325 g/mol. The van der Waals surface area contributed by atoms with Crippen molar-refractivity contribution in [1.29, 1.82) is 0 Å². The number of imidazole rings is 1. The van der Waals surface area contributed by atoms with Crippen molar-refractivity contribution >= 4 is 27.5 Å². The summed E-state index contributed by atoms with van der Waals surface area (Å²) in [6.07, 6.45) is 1.08. The normalized spacial score (nSPS) is 20.2. The fourth-order valence-corrected chi connectivity index (χ4v) is 2.97. The molecule has 1 atom stereocenters. The van der Waals surface area contributed by atoms with Crippen LogP contribution in [0.2, 0.25) is 0 Å². The lowest BCUT2D eigenvalue weighted by Crippen LogP contribution is -2.14. The van der Waals surface area contributed by atoms with Crippen LogP contribution in [0.5, 0.6) is 0 Å². The van der Waals surface area contributed by atoms with E-state index >= 15 is 0 Å². The molecule has 19 heavy (non-hydrogen) atoms. The summed E-state index contributed by atoms with van der Waals surface area (Å²) in [5.74, 6) is -0.656. The number of fused-ring (bicyclic) bond motifs is 1. The third-order valence-electron chi connectivity index (χ3n) is 3.46. The van der Waals surface area contributed by atoms with E-state index in [1.807, 2.05) is 12.1 Å². The van der Waals surface area contributed by atoms with Gasteiger partial charge in [-0.2, -0.15) is 5.10 Å². The van der Waals surface area contributed by atoms with Gasteiger partial charge in [-0.05, 0) is 48.1 Å². The van der Waals surface area contributed by atoms with Gasteiger partial charge in [-0.25, -0.2) is 14.3 Å². The second kappa shape index (κ2) is 4.57. The Labute approximate surface area is 118 Å². The lowest BCUT2D eigenvalue weighted by molar-refractivity contribution is 0.0690. The fourth-order valence-electron chi connectivity index (χ4n) is 2.45. The zero-order chi connectivity index (χ0) is 13.6. The molecule has 2 aromatic rings. The smallest absolute Gasteiger partial charge is 0.357 e. The van der Waals surface area contributed by atoms with Crippen LogP contribution in [0.3, 0.4) is 0 Å². The van der Waals surface area contributed by atoms with Gasteiger partial charge in [0.05, 0.1) is 5.69 Å². The lowest BCUT2D eigenvalue weighted by atomic mass is 10.1. The van der Waals surface area contributed by atoms with Crippen molar-refractivity contribution in [2.45, 2.75) is 12.3 Å². The molecule has 3 rings (SSSR count). The van der Waals surface area contributed by atoms with Gasteiger partial charge in [0.1, 0.15) is 4.60 Å². The molecule has 0 radical (unpaired) electrons. The molecular weight excluding hydrogens is 312 g/mol. The number of carbonyl (C=O) groups is 1. The summed E-state index contributed by atoms with van der Waals surface area (Å²) in [6, 6.07) is 3.75. The Bertz CT molecular complexity index is 654. The Kier molecular flexibility index (Phi) is 3.02. The van der Waals surface area contributed by atoms with Crippen molar-refractivity contribution in [3.63, 3.8) is 0 Å². The van der Waals surface area contributed by atoms with Gasteiger partial charge in [0.15, 0.2) is 11.3 Å². The molecule has 3 heterocycles. The van der Waals surface area contributed by atoms with Crippen LogP contribution in [0.1, 0.15) is 28.5 Å². The lowest BCUT2D eigenvalue weighted by Gasteiger charge is -2.09. The number of carboxylic acid groups (broad SMARTS) is 1. The standard InChI is InChI=1S/C12H13BrN4O2/c1-16-5-4-7(6-16)8-2-3-9-14-10(12(18)19)11(13)17(9)15-8/h2-3,7H,4-6H2,1H3,(H,18,19). The minimum absolute atomic E-state index is 0.00631. The molecule has 1 fully saturated rings. The predicted molar refractivity (Wildman–Crippen MR) is 72.5 cm³/mol. The molecule has 0 aromatic carbocycles. The Morgan fingerprint density at radius 2 is 2.32 bits per heavy atom. The van der Waals surface area contributed by atoms with Crippen molar-refractivity contribution in [2.75, 3.05) is 20.1 Å². The summed E-state index contributed by atoms with van der Waals surface area (Å²) < 4.78 is 1.94. The highest BCUT2D eigenvalue weighted by Gasteiger charge is 2.24. The van der Waals surface area contributed by atoms with Crippen LogP contribution in [0.4, 0.5) is 0 Å². The van der Waals surface area contributed by atoms with Crippen LogP contribution in [0, 0.1) is 0 Å². The summed E-state index contributed by atoms with van der Waals surface area (Å²) >= 11 is 3.25. The van der Waals surface area contributed by atoms with Crippen LogP contribution in [0.25, 0.3) is 5.65 Å². The summed E-state index contributed by atoms with van der Waals surface area (Å²) in [4.78, 5) is 17.3. The van der Waals surface area contributed by atoms with Gasteiger partial charge in [0, 0.05) is 12.5 Å². The first-order chi connectivity index (χ1) is 9.06. The van der Waals surface area contributed by atoms with Gasteiger partial charge < -0.3 is 10.0 Å². The van der Waals surface area contributed by atoms with Crippen molar-refractivity contribution in [3.8, 4) is 0 Å². The van der Waals surface area contributed by atoms with E-state index < -0.39 is 5.97 Å². The molecular formula is C12H13BrN4O2. The van der Waals surface area contributed by atoms with Gasteiger partial charge >= 0.3 is 5.97 Å². The van der Waals surface area contributed by atoms with Crippen LogP contribution >= 0.6 is 15.9 Å². The minimum atomic E-state index is -1.06. The van der Waals surface area contributed by atoms with Gasteiger partial charge in [0.25, 0.3) is 0 Å². The second-order valence-electron chi connectivity index (χ2n) is 4.83. The van der Waals surface area contributed by atoms with Gasteiger partial charge in [0.2, 0.25) is 0 Å². The number of halogens is 1. The van der Waals surface area contributed by atoms with Crippen LogP contribution in [-0.4, -0.2) is 50.7 Å². The highest BCUT2D eigenvalue weighted by atomic mass is 79.9. The topological polar surface area (TPSA) is 70.7 Å². The molecule has 1 aliphatic heterocycles. The van der Waals surface area contributed by atoms with Gasteiger partial charge in [-0.1, -0.05) is 0 Å². The Morgan fingerprint density at radius 1 is 1.53 bits per heavy atom. The number of likely N-dealkylation sites (tertiary alicyclic amines) is 1. The number of hydrogen-bond donors (Lipinski definition) is 1. The number of aromatic carboxylic acids is 1. The maximum absolute atomic E-state index is 11.0. The number of hydrogen-bond acceptors (Lipinski definition) is 4. The Morgan fingerprint density at radius 3 is 2.95 bits per heavy atom. The molecule has 7 heteroatoms. The highest BCUT2D eigenvalue weighted by Crippen LogP contribution is 2.26. The summed E-state index contributed by atoms with van der Waals surface area (Å²) in [5, 5.41) is 13.6. The third kappa shape index (κ3) is 2.12. The second-order valence-corrected chi connectivity index (χ2v) is 5.58. The molecule has 100 valence electrons. The number of aromatic nitrogens is 3. The number of rotatable bonds is 2. The molecule has 1 N–H and O–H groups in total. The van der Waals surface area contributed by atoms with Crippen LogP contribution < -0.4 is 0 Å². The molecule has 0 spiro atoms. The highest BCUT2D eigenvalue weighted by molar-refractivity contribution is 9.10. The molecule has 0 amide bonds. The molecule has 1 saturated heterocycles. The Hall–Kier alpha value is -1.47. The molecule has 0 saturated carbocycles. The molecule has 0 bridgehead atoms. The molecule has 6 nitrogen and oxygen atoms in total. The first-order valence-corrected chi connectivity index (χ1v) is 6.82. The molecule has 1 unspecified atom stereocenters. The first-order valence-electron chi connectivity index (χ1n) is 6.03. The number of likely N-dealkylation sites (N-methyl/N-ethyl adjacent to an activating group) is 1. The summed E-state index contributed by atoms with van der Waals surface area (Å²) in [5.41, 5.74) is 1.51. The van der Waals surface area contributed by atoms with Crippen molar-refractivity contribution in [1.82, 2.24) is 19.5 Å². The van der Waals surface area contributed by atoms with Gasteiger partial charge in [-0.15, -0.1) is 0 Å². The van der Waals surface area contributed by atoms with E-state index in [-0.39, 0.29) is 5.69 Å². The number of nitrogens with zero attached hydrogens (tertiary/aromatic N) is 4. The van der Waals surface area contributed by atoms with E-state index in [9.17, 15) is 4.79 Å². The van der Waals surface area contributed by atoms with Crippen molar-refractivity contribution < 1.29 is 9.90 Å². The molecule has 2 aromatic heterocycles. The fraction of sp³-hybridized carbons (Fsp3) is 0.417.